The van der Waals surface area contributed by atoms with Crippen LogP contribution in [0.1, 0.15) is 23.7 Å². The molecule has 1 N–H and O–H groups in total. The van der Waals surface area contributed by atoms with E-state index in [1.54, 1.807) is 31.2 Å². The summed E-state index contributed by atoms with van der Waals surface area (Å²) in [7, 11) is 0. The molecule has 0 radical (unpaired) electrons. The van der Waals surface area contributed by atoms with Crippen molar-refractivity contribution in [3.8, 4) is 0 Å². The molecule has 1 aliphatic heterocycles. The van der Waals surface area contributed by atoms with Gasteiger partial charge in [-0.25, -0.2) is 0 Å². The van der Waals surface area contributed by atoms with Gasteiger partial charge in [-0.3, -0.25) is 19.7 Å². The van der Waals surface area contributed by atoms with Gasteiger partial charge in [0.2, 0.25) is 11.8 Å². The minimum absolute atomic E-state index is 0.0366. The van der Waals surface area contributed by atoms with Crippen LogP contribution in [0.25, 0.3) is 0 Å². The summed E-state index contributed by atoms with van der Waals surface area (Å²) in [6, 6.07) is 6.20. The van der Waals surface area contributed by atoms with Gasteiger partial charge in [0.1, 0.15) is 6.04 Å². The van der Waals surface area contributed by atoms with Gasteiger partial charge in [-0.05, 0) is 31.2 Å². The normalized spacial score (nSPS) is 18.3. The van der Waals surface area contributed by atoms with Gasteiger partial charge >= 0.3 is 0 Å². The molecule has 1 saturated heterocycles. The molecule has 1 aromatic carbocycles. The Balaban J connectivity index is 2.22. The average Bonchev–Trinajstić information content (AvgIpc) is 2.70. The van der Waals surface area contributed by atoms with Gasteiger partial charge in [0.05, 0.1) is 6.42 Å². The van der Waals surface area contributed by atoms with Crippen LogP contribution in [0.2, 0.25) is 0 Å². The molecule has 2 rings (SSSR count). The van der Waals surface area contributed by atoms with Crippen molar-refractivity contribution in [1.29, 1.82) is 0 Å². The van der Waals surface area contributed by atoms with Crippen LogP contribution in [-0.4, -0.2) is 35.2 Å². The van der Waals surface area contributed by atoms with Crippen LogP contribution in [0.3, 0.4) is 0 Å². The highest BCUT2D eigenvalue weighted by Crippen LogP contribution is 2.17. The predicted octanol–water partition coefficient (Wildman–Crippen LogP) is 1.33. The minimum atomic E-state index is -0.700. The maximum Gasteiger partial charge on any atom is 0.254 e. The molecule has 1 heterocycles. The molecular formula is C13H13BrN2O3. The van der Waals surface area contributed by atoms with Crippen molar-refractivity contribution in [2.75, 3.05) is 6.54 Å². The number of rotatable bonds is 3. The SMILES string of the molecule is CCN(C(=O)c1ccc(Br)cc1)[C@@H]1CC(=O)NC1=O. The molecule has 0 spiro atoms. The van der Waals surface area contributed by atoms with E-state index in [0.717, 1.165) is 4.47 Å². The molecule has 1 fully saturated rings. The van der Waals surface area contributed by atoms with Gasteiger partial charge in [0.15, 0.2) is 0 Å². The third-order valence-electron chi connectivity index (χ3n) is 3.01. The van der Waals surface area contributed by atoms with Crippen molar-refractivity contribution in [2.45, 2.75) is 19.4 Å². The molecule has 3 amide bonds. The molecule has 0 bridgehead atoms. The topological polar surface area (TPSA) is 66.5 Å². The smallest absolute Gasteiger partial charge is 0.254 e. The summed E-state index contributed by atoms with van der Waals surface area (Å²) >= 11 is 3.30. The van der Waals surface area contributed by atoms with E-state index in [4.69, 9.17) is 0 Å². The van der Waals surface area contributed by atoms with E-state index in [2.05, 4.69) is 21.2 Å². The van der Waals surface area contributed by atoms with E-state index >= 15 is 0 Å². The highest BCUT2D eigenvalue weighted by molar-refractivity contribution is 9.10. The Morgan fingerprint density at radius 3 is 2.47 bits per heavy atom. The van der Waals surface area contributed by atoms with Gasteiger partial charge < -0.3 is 4.90 Å². The van der Waals surface area contributed by atoms with Crippen molar-refractivity contribution in [3.63, 3.8) is 0 Å². The molecule has 100 valence electrons. The summed E-state index contributed by atoms with van der Waals surface area (Å²) < 4.78 is 0.876. The summed E-state index contributed by atoms with van der Waals surface area (Å²) in [5.74, 6) is -0.987. The van der Waals surface area contributed by atoms with Crippen molar-refractivity contribution in [1.82, 2.24) is 10.2 Å². The minimum Gasteiger partial charge on any atom is -0.326 e. The molecule has 0 aromatic heterocycles. The molecule has 1 aliphatic rings. The third-order valence-corrected chi connectivity index (χ3v) is 3.54. The second-order valence-electron chi connectivity index (χ2n) is 4.23. The second-order valence-corrected chi connectivity index (χ2v) is 5.15. The van der Waals surface area contributed by atoms with Crippen molar-refractivity contribution < 1.29 is 14.4 Å². The molecule has 0 aliphatic carbocycles. The fraction of sp³-hybridized carbons (Fsp3) is 0.308. The zero-order valence-electron chi connectivity index (χ0n) is 10.4. The summed E-state index contributed by atoms with van der Waals surface area (Å²) in [6.45, 7) is 2.16. The molecule has 1 aromatic rings. The van der Waals surface area contributed by atoms with E-state index in [-0.39, 0.29) is 18.2 Å². The van der Waals surface area contributed by atoms with Crippen LogP contribution in [0.15, 0.2) is 28.7 Å². The number of carbonyl (C=O) groups is 3. The van der Waals surface area contributed by atoms with E-state index in [1.807, 2.05) is 0 Å². The van der Waals surface area contributed by atoms with Gasteiger partial charge in [-0.15, -0.1) is 0 Å². The van der Waals surface area contributed by atoms with Gasteiger partial charge in [-0.2, -0.15) is 0 Å². The summed E-state index contributed by atoms with van der Waals surface area (Å²) in [6.07, 6.45) is 0.0366. The fourth-order valence-corrected chi connectivity index (χ4v) is 2.32. The zero-order valence-corrected chi connectivity index (χ0v) is 11.9. The first-order valence-electron chi connectivity index (χ1n) is 5.93. The predicted molar refractivity (Wildman–Crippen MR) is 72.4 cm³/mol. The summed E-state index contributed by atoms with van der Waals surface area (Å²) in [5.41, 5.74) is 0.497. The molecule has 0 unspecified atom stereocenters. The number of benzene rings is 1. The number of carbonyl (C=O) groups excluding carboxylic acids is 3. The molecule has 19 heavy (non-hydrogen) atoms. The van der Waals surface area contributed by atoms with Gasteiger partial charge in [-0.1, -0.05) is 15.9 Å². The van der Waals surface area contributed by atoms with Crippen LogP contribution in [0, 0.1) is 0 Å². The summed E-state index contributed by atoms with van der Waals surface area (Å²) in [5, 5.41) is 2.22. The Labute approximate surface area is 119 Å². The lowest BCUT2D eigenvalue weighted by molar-refractivity contribution is -0.126. The molecule has 5 nitrogen and oxygen atoms in total. The lowest BCUT2D eigenvalue weighted by Gasteiger charge is -2.25. The van der Waals surface area contributed by atoms with Gasteiger partial charge in [0.25, 0.3) is 5.91 Å². The number of likely N-dealkylation sites (N-methyl/N-ethyl adjacent to an activating group) is 1. The van der Waals surface area contributed by atoms with Crippen molar-refractivity contribution in [2.24, 2.45) is 0 Å². The number of nitrogens with zero attached hydrogens (tertiary/aromatic N) is 1. The largest absolute Gasteiger partial charge is 0.326 e. The number of imide groups is 1. The lowest BCUT2D eigenvalue weighted by atomic mass is 10.1. The zero-order chi connectivity index (χ0) is 14.0. The first-order chi connectivity index (χ1) is 9.02. The molecular weight excluding hydrogens is 312 g/mol. The molecule has 6 heteroatoms. The number of hydrogen-bond acceptors (Lipinski definition) is 3. The van der Waals surface area contributed by atoms with E-state index in [1.165, 1.54) is 4.90 Å². The summed E-state index contributed by atoms with van der Waals surface area (Å²) in [4.78, 5) is 36.6. The van der Waals surface area contributed by atoms with Crippen LogP contribution < -0.4 is 5.32 Å². The van der Waals surface area contributed by atoms with Crippen molar-refractivity contribution >= 4 is 33.7 Å². The Bertz CT molecular complexity index is 527. The average molecular weight is 325 g/mol. The van der Waals surface area contributed by atoms with Crippen LogP contribution in [0.4, 0.5) is 0 Å². The quantitative estimate of drug-likeness (QED) is 0.853. The van der Waals surface area contributed by atoms with E-state index in [9.17, 15) is 14.4 Å². The highest BCUT2D eigenvalue weighted by atomic mass is 79.9. The van der Waals surface area contributed by atoms with Crippen molar-refractivity contribution in [3.05, 3.63) is 34.3 Å². The molecule has 0 saturated carbocycles. The number of hydrogen-bond donors (Lipinski definition) is 1. The first-order valence-corrected chi connectivity index (χ1v) is 6.72. The van der Waals surface area contributed by atoms with E-state index in [0.29, 0.717) is 12.1 Å². The first kappa shape index (κ1) is 13.7. The Kier molecular flexibility index (Phi) is 3.99. The van der Waals surface area contributed by atoms with E-state index < -0.39 is 11.9 Å². The third kappa shape index (κ3) is 2.84. The fourth-order valence-electron chi connectivity index (χ4n) is 2.06. The van der Waals surface area contributed by atoms with Crippen LogP contribution >= 0.6 is 15.9 Å². The lowest BCUT2D eigenvalue weighted by Crippen LogP contribution is -2.44. The monoisotopic (exact) mass is 324 g/mol. The Hall–Kier alpha value is -1.69. The Morgan fingerprint density at radius 2 is 2.00 bits per heavy atom. The van der Waals surface area contributed by atoms with Crippen LogP contribution in [-0.2, 0) is 9.59 Å². The standard InChI is InChI=1S/C13H13BrN2O3/c1-2-16(10-7-11(17)15-12(10)18)13(19)8-3-5-9(14)6-4-8/h3-6,10H,2,7H2,1H3,(H,15,17,18)/t10-/m1/s1. The molecule has 1 atom stereocenters. The maximum absolute atomic E-state index is 12.3. The second kappa shape index (κ2) is 5.52. The van der Waals surface area contributed by atoms with Crippen LogP contribution in [0.5, 0.6) is 0 Å². The number of amides is 3. The number of nitrogens with one attached hydrogen (secondary N) is 1. The highest BCUT2D eigenvalue weighted by Gasteiger charge is 2.37. The van der Waals surface area contributed by atoms with Gasteiger partial charge in [0, 0.05) is 16.6 Å². The number of halogens is 1. The maximum atomic E-state index is 12.3. The Morgan fingerprint density at radius 1 is 1.37 bits per heavy atom.